The van der Waals surface area contributed by atoms with Gasteiger partial charge in [-0.05, 0) is 41.4 Å². The summed E-state index contributed by atoms with van der Waals surface area (Å²) in [6.45, 7) is 4.32. The van der Waals surface area contributed by atoms with Crippen molar-refractivity contribution in [2.75, 3.05) is 13.3 Å². The summed E-state index contributed by atoms with van der Waals surface area (Å²) < 4.78 is 0.795. The van der Waals surface area contributed by atoms with E-state index in [1.54, 1.807) is 0 Å². The van der Waals surface area contributed by atoms with Crippen LogP contribution in [0, 0.1) is 0 Å². The highest BCUT2D eigenvalue weighted by Gasteiger charge is 2.04. The molecule has 0 aliphatic heterocycles. The fourth-order valence-corrected chi connectivity index (χ4v) is 2.60. The number of hydrogen-bond acceptors (Lipinski definition) is 1. The Morgan fingerprint density at radius 1 is 1.45 bits per heavy atom. The molecule has 1 aromatic heterocycles. The van der Waals surface area contributed by atoms with Crippen molar-refractivity contribution in [3.05, 3.63) is 21.9 Å². The summed E-state index contributed by atoms with van der Waals surface area (Å²) in [5, 5.41) is 1.78. The molecule has 0 saturated heterocycles. The molecular weight excluding hydrogens is 244 g/mol. The normalized spacial score (nSPS) is 10.6. The molecule has 0 atom stereocenters. The molecule has 4 heteroatoms. The largest absolute Gasteiger partial charge is 0.229 e. The number of aromatic nitrogens is 1. The van der Waals surface area contributed by atoms with Gasteiger partial charge in [-0.2, -0.15) is 0 Å². The topological polar surface area (TPSA) is 12.9 Å². The van der Waals surface area contributed by atoms with Gasteiger partial charge in [-0.25, -0.2) is 4.98 Å². The standard InChI is InChI=1S/C7H8BrClNP/c1-11(2)5-3-4-6(8)10-7(5)9/h3-4H,1-2H3. The summed E-state index contributed by atoms with van der Waals surface area (Å²) in [6, 6.07) is 3.94. The van der Waals surface area contributed by atoms with Crippen LogP contribution in [-0.2, 0) is 0 Å². The Balaban J connectivity index is 3.09. The lowest BCUT2D eigenvalue weighted by atomic mass is 10.5. The zero-order valence-electron chi connectivity index (χ0n) is 6.31. The molecule has 0 fully saturated rings. The van der Waals surface area contributed by atoms with Crippen molar-refractivity contribution in [1.29, 1.82) is 0 Å². The Bertz CT molecular complexity index is 265. The molecule has 0 bridgehead atoms. The van der Waals surface area contributed by atoms with Crippen molar-refractivity contribution in [1.82, 2.24) is 4.98 Å². The van der Waals surface area contributed by atoms with Crippen LogP contribution >= 0.6 is 35.5 Å². The summed E-state index contributed by atoms with van der Waals surface area (Å²) in [4.78, 5) is 4.09. The smallest absolute Gasteiger partial charge is 0.138 e. The molecule has 1 heterocycles. The van der Waals surface area contributed by atoms with Crippen LogP contribution in [0.5, 0.6) is 0 Å². The third-order valence-corrected chi connectivity index (χ3v) is 3.46. The number of halogens is 2. The highest BCUT2D eigenvalue weighted by atomic mass is 79.9. The van der Waals surface area contributed by atoms with Gasteiger partial charge >= 0.3 is 0 Å². The third-order valence-electron chi connectivity index (χ3n) is 1.28. The number of pyridine rings is 1. The maximum absolute atomic E-state index is 5.90. The molecule has 0 aliphatic carbocycles. The summed E-state index contributed by atoms with van der Waals surface area (Å²) in [5.74, 6) is 0. The molecule has 11 heavy (non-hydrogen) atoms. The summed E-state index contributed by atoms with van der Waals surface area (Å²) in [7, 11) is -0.144. The van der Waals surface area contributed by atoms with Crippen LogP contribution in [0.15, 0.2) is 16.7 Å². The maximum Gasteiger partial charge on any atom is 0.138 e. The Labute approximate surface area is 81.1 Å². The average Bonchev–Trinajstić information content (AvgIpc) is 1.85. The molecule has 1 rings (SSSR count). The fraction of sp³-hybridized carbons (Fsp3) is 0.286. The van der Waals surface area contributed by atoms with E-state index in [1.807, 2.05) is 12.1 Å². The van der Waals surface area contributed by atoms with Crippen molar-refractivity contribution in [2.24, 2.45) is 0 Å². The second kappa shape index (κ2) is 3.84. The molecule has 0 unspecified atom stereocenters. The molecule has 0 radical (unpaired) electrons. The Kier molecular flexibility index (Phi) is 3.29. The first-order valence-corrected chi connectivity index (χ1v) is 6.51. The lowest BCUT2D eigenvalue weighted by Crippen LogP contribution is -2.02. The van der Waals surface area contributed by atoms with Crippen LogP contribution in [-0.4, -0.2) is 18.3 Å². The first-order valence-electron chi connectivity index (χ1n) is 3.10. The van der Waals surface area contributed by atoms with Gasteiger partial charge in [0.1, 0.15) is 9.76 Å². The van der Waals surface area contributed by atoms with E-state index in [0.29, 0.717) is 5.15 Å². The van der Waals surface area contributed by atoms with Crippen LogP contribution < -0.4 is 5.30 Å². The first-order chi connectivity index (χ1) is 5.11. The number of rotatable bonds is 1. The molecule has 0 saturated carbocycles. The van der Waals surface area contributed by atoms with E-state index in [2.05, 4.69) is 34.2 Å². The van der Waals surface area contributed by atoms with E-state index in [0.717, 1.165) is 9.91 Å². The molecule has 60 valence electrons. The summed E-state index contributed by atoms with van der Waals surface area (Å²) in [6.07, 6.45) is 0. The van der Waals surface area contributed by atoms with E-state index in [9.17, 15) is 0 Å². The Morgan fingerprint density at radius 2 is 2.09 bits per heavy atom. The molecule has 0 amide bonds. The van der Waals surface area contributed by atoms with Gasteiger partial charge in [-0.1, -0.05) is 19.5 Å². The highest BCUT2D eigenvalue weighted by Crippen LogP contribution is 2.27. The van der Waals surface area contributed by atoms with E-state index in [-0.39, 0.29) is 7.92 Å². The SMILES string of the molecule is CP(C)c1ccc(Br)nc1Cl. The van der Waals surface area contributed by atoms with Gasteiger partial charge in [0.15, 0.2) is 0 Å². The monoisotopic (exact) mass is 251 g/mol. The van der Waals surface area contributed by atoms with Gasteiger partial charge < -0.3 is 0 Å². The maximum atomic E-state index is 5.90. The number of nitrogens with zero attached hydrogens (tertiary/aromatic N) is 1. The second-order valence-electron chi connectivity index (χ2n) is 2.34. The van der Waals surface area contributed by atoms with Crippen LogP contribution in [0.3, 0.4) is 0 Å². The predicted molar refractivity (Wildman–Crippen MR) is 55.3 cm³/mol. The molecule has 0 N–H and O–H groups in total. The van der Waals surface area contributed by atoms with E-state index >= 15 is 0 Å². The quantitative estimate of drug-likeness (QED) is 0.553. The van der Waals surface area contributed by atoms with Gasteiger partial charge in [0.05, 0.1) is 0 Å². The average molecular weight is 252 g/mol. The highest BCUT2D eigenvalue weighted by molar-refractivity contribution is 9.10. The predicted octanol–water partition coefficient (Wildman–Crippen LogP) is 2.86. The minimum atomic E-state index is -0.144. The van der Waals surface area contributed by atoms with Crippen molar-refractivity contribution in [3.63, 3.8) is 0 Å². The van der Waals surface area contributed by atoms with Crippen molar-refractivity contribution < 1.29 is 0 Å². The first kappa shape index (κ1) is 9.44. The van der Waals surface area contributed by atoms with Gasteiger partial charge in [0, 0.05) is 5.30 Å². The molecular formula is C7H8BrClNP. The van der Waals surface area contributed by atoms with Crippen molar-refractivity contribution in [3.8, 4) is 0 Å². The summed E-state index contributed by atoms with van der Waals surface area (Å²) >= 11 is 9.16. The fourth-order valence-electron chi connectivity index (χ4n) is 0.738. The van der Waals surface area contributed by atoms with E-state index in [4.69, 9.17) is 11.6 Å². The van der Waals surface area contributed by atoms with Crippen LogP contribution in [0.2, 0.25) is 5.15 Å². The zero-order chi connectivity index (χ0) is 8.43. The van der Waals surface area contributed by atoms with E-state index in [1.165, 1.54) is 0 Å². The van der Waals surface area contributed by atoms with Crippen molar-refractivity contribution >= 4 is 40.8 Å². The van der Waals surface area contributed by atoms with Gasteiger partial charge in [-0.15, -0.1) is 0 Å². The molecule has 0 aromatic carbocycles. The number of hydrogen-bond donors (Lipinski definition) is 0. The molecule has 0 aliphatic rings. The van der Waals surface area contributed by atoms with Gasteiger partial charge in [-0.3, -0.25) is 0 Å². The second-order valence-corrected chi connectivity index (χ2v) is 5.78. The third kappa shape index (κ3) is 2.40. The van der Waals surface area contributed by atoms with Crippen LogP contribution in [0.4, 0.5) is 0 Å². The lowest BCUT2D eigenvalue weighted by Gasteiger charge is -2.06. The minimum Gasteiger partial charge on any atom is -0.229 e. The minimum absolute atomic E-state index is 0.144. The Hall–Kier alpha value is 0.350. The summed E-state index contributed by atoms with van der Waals surface area (Å²) in [5.41, 5.74) is 0. The lowest BCUT2D eigenvalue weighted by molar-refractivity contribution is 1.29. The van der Waals surface area contributed by atoms with Crippen molar-refractivity contribution in [2.45, 2.75) is 0 Å². The molecule has 1 nitrogen and oxygen atoms in total. The Morgan fingerprint density at radius 3 is 2.55 bits per heavy atom. The van der Waals surface area contributed by atoms with E-state index < -0.39 is 0 Å². The molecule has 0 spiro atoms. The van der Waals surface area contributed by atoms with Crippen LogP contribution in [0.25, 0.3) is 0 Å². The van der Waals surface area contributed by atoms with Crippen LogP contribution in [0.1, 0.15) is 0 Å². The van der Waals surface area contributed by atoms with Gasteiger partial charge in [0.2, 0.25) is 0 Å². The zero-order valence-corrected chi connectivity index (χ0v) is 9.54. The van der Waals surface area contributed by atoms with Gasteiger partial charge in [0.25, 0.3) is 0 Å². The molecule has 1 aromatic rings.